The van der Waals surface area contributed by atoms with Gasteiger partial charge in [0.05, 0.1) is 22.4 Å². The maximum absolute atomic E-state index is 14.0. The van der Waals surface area contributed by atoms with E-state index >= 15 is 0 Å². The fourth-order valence-corrected chi connectivity index (χ4v) is 7.26. The third kappa shape index (κ3) is 7.36. The molecule has 1 saturated heterocycles. The lowest BCUT2D eigenvalue weighted by molar-refractivity contribution is -0.136. The van der Waals surface area contributed by atoms with Gasteiger partial charge in [0.15, 0.2) is 0 Å². The monoisotopic (exact) mass is 711 g/mol. The molecule has 3 atom stereocenters. The fraction of sp³-hybridized carbons (Fsp3) is 0.459. The number of likely N-dealkylation sites (tertiary alicyclic amines) is 1. The Bertz CT molecular complexity index is 1940. The van der Waals surface area contributed by atoms with Gasteiger partial charge in [-0.2, -0.15) is 13.2 Å². The molecule has 7 rings (SSSR count). The van der Waals surface area contributed by atoms with Crippen LogP contribution in [0.25, 0.3) is 5.65 Å². The molecule has 3 aliphatic rings. The summed E-state index contributed by atoms with van der Waals surface area (Å²) in [4.78, 5) is 36.5. The van der Waals surface area contributed by atoms with E-state index in [1.54, 1.807) is 26.8 Å². The van der Waals surface area contributed by atoms with Gasteiger partial charge in [0, 0.05) is 67.8 Å². The molecule has 1 aromatic carbocycles. The summed E-state index contributed by atoms with van der Waals surface area (Å²) >= 11 is 0. The fourth-order valence-electron chi connectivity index (χ4n) is 7.26. The van der Waals surface area contributed by atoms with E-state index in [2.05, 4.69) is 10.3 Å². The summed E-state index contributed by atoms with van der Waals surface area (Å²) in [6, 6.07) is 13.6. The number of ether oxygens (including phenoxy) is 2. The number of nitrogens with zero attached hydrogens (tertiary/aromatic N) is 4. The number of imidazole rings is 1. The van der Waals surface area contributed by atoms with Crippen LogP contribution in [0.3, 0.4) is 0 Å². The van der Waals surface area contributed by atoms with Crippen molar-refractivity contribution in [2.24, 2.45) is 11.8 Å². The molecule has 9 nitrogen and oxygen atoms in total. The molecular weight excluding hydrogens is 673 g/mol. The molecule has 0 radical (unpaired) electrons. The van der Waals surface area contributed by atoms with E-state index < -0.39 is 35.2 Å². The predicted molar refractivity (Wildman–Crippen MR) is 175 cm³/mol. The topological polar surface area (TPSA) is 98.1 Å². The van der Waals surface area contributed by atoms with Crippen molar-refractivity contribution in [1.29, 1.82) is 0 Å². The predicted octanol–water partition coefficient (Wildman–Crippen LogP) is 7.66. The number of aromatic nitrogens is 3. The van der Waals surface area contributed by atoms with Crippen LogP contribution in [0.1, 0.15) is 83.9 Å². The van der Waals surface area contributed by atoms with Crippen molar-refractivity contribution in [3.63, 3.8) is 0 Å². The number of alkyl carbamates (subject to hydrolysis) is 1. The van der Waals surface area contributed by atoms with E-state index in [1.807, 2.05) is 36.4 Å². The molecule has 1 unspecified atom stereocenters. The highest BCUT2D eigenvalue weighted by atomic mass is 19.4. The van der Waals surface area contributed by atoms with Crippen molar-refractivity contribution >= 4 is 17.6 Å². The highest BCUT2D eigenvalue weighted by molar-refractivity contribution is 5.95. The van der Waals surface area contributed by atoms with E-state index in [0.717, 1.165) is 11.6 Å². The number of amides is 2. The first-order valence-corrected chi connectivity index (χ1v) is 17.0. The minimum Gasteiger partial charge on any atom is -0.474 e. The van der Waals surface area contributed by atoms with Crippen LogP contribution in [-0.4, -0.2) is 56.4 Å². The Morgan fingerprint density at radius 1 is 0.980 bits per heavy atom. The summed E-state index contributed by atoms with van der Waals surface area (Å²) in [5.74, 6) is -3.29. The number of alkyl halides is 5. The number of carbonyl (C=O) groups excluding carboxylic acids is 2. The van der Waals surface area contributed by atoms with E-state index in [0.29, 0.717) is 30.0 Å². The Balaban J connectivity index is 1.06. The molecule has 0 bridgehead atoms. The minimum atomic E-state index is -4.69. The SMILES string of the molecule is Cc1cn2cc(C(=O)N3C[C@@H]4C(Oc5cc(C(C)(C)NC(=O)OCc6ccccc6)cc(C6CCC(F)(F)CC6)n5)[C@@H]4C3)cc(C(F)(F)F)c2n1. The molecule has 2 aliphatic carbocycles. The number of pyridine rings is 2. The second-order valence-electron chi connectivity index (χ2n) is 14.4. The zero-order chi connectivity index (χ0) is 36.3. The Morgan fingerprint density at radius 2 is 1.67 bits per heavy atom. The number of hydrogen-bond donors (Lipinski definition) is 1. The number of aryl methyl sites for hydroxylation is 1. The summed E-state index contributed by atoms with van der Waals surface area (Å²) in [6.07, 6.45) is -2.79. The van der Waals surface area contributed by atoms with Gasteiger partial charge in [-0.25, -0.2) is 23.5 Å². The van der Waals surface area contributed by atoms with E-state index in [4.69, 9.17) is 14.5 Å². The van der Waals surface area contributed by atoms with E-state index in [1.165, 1.54) is 21.7 Å². The summed E-state index contributed by atoms with van der Waals surface area (Å²) in [6.45, 7) is 5.86. The van der Waals surface area contributed by atoms with Gasteiger partial charge in [-0.3, -0.25) is 4.79 Å². The van der Waals surface area contributed by atoms with Gasteiger partial charge in [-0.1, -0.05) is 30.3 Å². The molecule has 1 N–H and O–H groups in total. The zero-order valence-electron chi connectivity index (χ0n) is 28.3. The van der Waals surface area contributed by atoms with Crippen LogP contribution in [0.15, 0.2) is 60.9 Å². The molecule has 2 saturated carbocycles. The maximum Gasteiger partial charge on any atom is 0.420 e. The van der Waals surface area contributed by atoms with Gasteiger partial charge < -0.3 is 24.1 Å². The lowest BCUT2D eigenvalue weighted by atomic mass is 9.83. The van der Waals surface area contributed by atoms with Crippen LogP contribution in [0.5, 0.6) is 5.88 Å². The first kappa shape index (κ1) is 34.7. The molecule has 270 valence electrons. The highest BCUT2D eigenvalue weighted by Gasteiger charge is 2.59. The average Bonchev–Trinajstić information content (AvgIpc) is 3.35. The number of nitrogens with one attached hydrogen (secondary N) is 1. The quantitative estimate of drug-likeness (QED) is 0.189. The Kier molecular flexibility index (Phi) is 8.70. The van der Waals surface area contributed by atoms with E-state index in [-0.39, 0.29) is 73.2 Å². The number of rotatable bonds is 8. The van der Waals surface area contributed by atoms with Gasteiger partial charge in [-0.05, 0) is 56.9 Å². The molecule has 1 aliphatic heterocycles. The summed E-state index contributed by atoms with van der Waals surface area (Å²) in [5.41, 5.74) is 0.220. The van der Waals surface area contributed by atoms with Crippen LogP contribution >= 0.6 is 0 Å². The number of halogens is 5. The summed E-state index contributed by atoms with van der Waals surface area (Å²) in [5, 5.41) is 2.90. The molecule has 0 spiro atoms. The molecule has 4 heterocycles. The third-order valence-corrected chi connectivity index (χ3v) is 10.2. The molecule has 4 aromatic rings. The van der Waals surface area contributed by atoms with Crippen molar-refractivity contribution in [2.45, 2.75) is 82.7 Å². The molecule has 51 heavy (non-hydrogen) atoms. The third-order valence-electron chi connectivity index (χ3n) is 10.2. The first-order chi connectivity index (χ1) is 24.1. The average molecular weight is 712 g/mol. The van der Waals surface area contributed by atoms with Crippen LogP contribution < -0.4 is 10.1 Å². The Labute approximate surface area is 291 Å². The van der Waals surface area contributed by atoms with Crippen LogP contribution in [0.4, 0.5) is 26.7 Å². The van der Waals surface area contributed by atoms with Crippen molar-refractivity contribution in [2.75, 3.05) is 13.1 Å². The van der Waals surface area contributed by atoms with E-state index in [9.17, 15) is 31.5 Å². The second kappa shape index (κ2) is 12.8. The van der Waals surface area contributed by atoms with Crippen molar-refractivity contribution < 1.29 is 41.0 Å². The number of benzene rings is 1. The van der Waals surface area contributed by atoms with Gasteiger partial charge in [0.1, 0.15) is 18.4 Å². The standard InChI is InChI=1S/C37H38F5N5O4/c1-21-16-46-17-24(13-28(32(46)43-21)37(40,41)42)33(48)47-18-26-27(19-47)31(26)51-30-15-25(14-29(44-30)23-9-11-36(38,39)12-10-23)35(2,3)45-34(49)50-20-22-7-5-4-6-8-22/h4-8,13-17,23,26-27,31H,9-12,18-20H2,1-3H3,(H,45,49)/t26-,27+,31?. The Hall–Kier alpha value is -4.75. The summed E-state index contributed by atoms with van der Waals surface area (Å²) in [7, 11) is 0. The minimum absolute atomic E-state index is 0.0587. The Morgan fingerprint density at radius 3 is 2.33 bits per heavy atom. The number of carbonyl (C=O) groups is 2. The maximum atomic E-state index is 14.0. The largest absolute Gasteiger partial charge is 0.474 e. The molecule has 14 heteroatoms. The van der Waals surface area contributed by atoms with Crippen molar-refractivity contribution in [3.05, 3.63) is 94.6 Å². The molecule has 2 amide bonds. The zero-order valence-corrected chi connectivity index (χ0v) is 28.3. The summed E-state index contributed by atoms with van der Waals surface area (Å²) < 4.78 is 82.7. The number of hydrogen-bond acceptors (Lipinski definition) is 6. The van der Waals surface area contributed by atoms with Gasteiger partial charge in [0.25, 0.3) is 5.91 Å². The lowest BCUT2D eigenvalue weighted by Crippen LogP contribution is -2.41. The number of fused-ring (bicyclic) bond motifs is 2. The van der Waals surface area contributed by atoms with Crippen LogP contribution in [-0.2, 0) is 23.1 Å². The van der Waals surface area contributed by atoms with Gasteiger partial charge >= 0.3 is 12.3 Å². The second-order valence-corrected chi connectivity index (χ2v) is 14.4. The molecular formula is C37H38F5N5O4. The number of piperidine rings is 1. The van der Waals surface area contributed by atoms with Gasteiger partial charge in [-0.15, -0.1) is 0 Å². The first-order valence-electron chi connectivity index (χ1n) is 17.0. The van der Waals surface area contributed by atoms with Crippen molar-refractivity contribution in [3.8, 4) is 5.88 Å². The van der Waals surface area contributed by atoms with Crippen LogP contribution in [0, 0.1) is 18.8 Å². The molecule has 3 fully saturated rings. The normalized spacial score (nSPS) is 21.7. The lowest BCUT2D eigenvalue weighted by Gasteiger charge is -2.31. The molecule has 3 aromatic heterocycles. The highest BCUT2D eigenvalue weighted by Crippen LogP contribution is 2.49. The van der Waals surface area contributed by atoms with Crippen LogP contribution in [0.2, 0.25) is 0 Å². The van der Waals surface area contributed by atoms with Gasteiger partial charge in [0.2, 0.25) is 11.8 Å². The van der Waals surface area contributed by atoms with Crippen molar-refractivity contribution in [1.82, 2.24) is 24.6 Å². The smallest absolute Gasteiger partial charge is 0.420 e.